The van der Waals surface area contributed by atoms with E-state index in [0.717, 1.165) is 44.7 Å². The molecule has 0 unspecified atom stereocenters. The first-order valence-electron chi connectivity index (χ1n) is 9.59. The van der Waals surface area contributed by atoms with Crippen LogP contribution in [-0.2, 0) is 12.0 Å². The third-order valence-electron chi connectivity index (χ3n) is 5.12. The Balaban J connectivity index is 1.60. The van der Waals surface area contributed by atoms with E-state index in [-0.39, 0.29) is 11.3 Å². The lowest BCUT2D eigenvalue weighted by Gasteiger charge is -2.23. The van der Waals surface area contributed by atoms with E-state index in [2.05, 4.69) is 68.1 Å². The van der Waals surface area contributed by atoms with Gasteiger partial charge >= 0.3 is 0 Å². The number of carbonyl (C=O) groups excluding carboxylic acids is 1. The van der Waals surface area contributed by atoms with Crippen molar-refractivity contribution in [3.05, 3.63) is 71.3 Å². The summed E-state index contributed by atoms with van der Waals surface area (Å²) < 4.78 is 0. The fraction of sp³-hybridized carbons (Fsp3) is 0.435. The Morgan fingerprint density at radius 3 is 2.23 bits per heavy atom. The minimum absolute atomic E-state index is 0.113. The second-order valence-electron chi connectivity index (χ2n) is 8.23. The van der Waals surface area contributed by atoms with Crippen LogP contribution in [0.15, 0.2) is 54.6 Å². The summed E-state index contributed by atoms with van der Waals surface area (Å²) in [5.74, 6) is 0.159. The summed E-state index contributed by atoms with van der Waals surface area (Å²) in [7, 11) is 0. The number of rotatable bonds is 3. The Bertz CT molecular complexity index is 716. The summed E-state index contributed by atoms with van der Waals surface area (Å²) in [4.78, 5) is 17.3. The molecule has 0 N–H and O–H groups in total. The third kappa shape index (κ3) is 4.73. The third-order valence-corrected chi connectivity index (χ3v) is 5.12. The second kappa shape index (κ2) is 8.05. The highest BCUT2D eigenvalue weighted by Gasteiger charge is 2.21. The molecule has 1 fully saturated rings. The first kappa shape index (κ1) is 18.7. The maximum atomic E-state index is 12.9. The number of hydrogen-bond acceptors (Lipinski definition) is 2. The van der Waals surface area contributed by atoms with Gasteiger partial charge in [0.1, 0.15) is 0 Å². The molecule has 0 atom stereocenters. The number of nitrogens with zero attached hydrogens (tertiary/aromatic N) is 2. The van der Waals surface area contributed by atoms with E-state index in [9.17, 15) is 4.79 Å². The van der Waals surface area contributed by atoms with Gasteiger partial charge in [-0.15, -0.1) is 0 Å². The highest BCUT2D eigenvalue weighted by Crippen LogP contribution is 2.22. The molecule has 3 heteroatoms. The predicted octanol–water partition coefficient (Wildman–Crippen LogP) is 4.33. The monoisotopic (exact) mass is 350 g/mol. The molecule has 0 saturated carbocycles. The lowest BCUT2D eigenvalue weighted by molar-refractivity contribution is 0.0761. The summed E-state index contributed by atoms with van der Waals surface area (Å²) in [6, 6.07) is 18.7. The van der Waals surface area contributed by atoms with Crippen molar-refractivity contribution in [2.24, 2.45) is 0 Å². The lowest BCUT2D eigenvalue weighted by Crippen LogP contribution is -2.35. The Labute approximate surface area is 157 Å². The molecule has 1 aliphatic heterocycles. The number of hydrogen-bond donors (Lipinski definition) is 0. The average molecular weight is 351 g/mol. The van der Waals surface area contributed by atoms with Gasteiger partial charge in [-0.2, -0.15) is 0 Å². The Hall–Kier alpha value is -2.13. The van der Waals surface area contributed by atoms with Gasteiger partial charge in [0.05, 0.1) is 0 Å². The van der Waals surface area contributed by atoms with Gasteiger partial charge in [-0.05, 0) is 35.1 Å². The zero-order valence-electron chi connectivity index (χ0n) is 16.2. The predicted molar refractivity (Wildman–Crippen MR) is 107 cm³/mol. The van der Waals surface area contributed by atoms with E-state index in [0.29, 0.717) is 0 Å². The SMILES string of the molecule is CC(C)(C)c1ccc(C(=O)N2CCCN(Cc3ccccc3)CC2)cc1. The molecule has 1 amide bonds. The molecular weight excluding hydrogens is 320 g/mol. The van der Waals surface area contributed by atoms with E-state index in [1.165, 1.54) is 11.1 Å². The molecule has 2 aromatic carbocycles. The van der Waals surface area contributed by atoms with Crippen LogP contribution in [0.2, 0.25) is 0 Å². The first-order valence-corrected chi connectivity index (χ1v) is 9.59. The molecule has 3 nitrogen and oxygen atoms in total. The Morgan fingerprint density at radius 2 is 1.58 bits per heavy atom. The van der Waals surface area contributed by atoms with Crippen LogP contribution in [0.4, 0.5) is 0 Å². The van der Waals surface area contributed by atoms with E-state index in [1.54, 1.807) is 0 Å². The topological polar surface area (TPSA) is 23.6 Å². The molecule has 1 saturated heterocycles. The van der Waals surface area contributed by atoms with E-state index in [1.807, 2.05) is 17.0 Å². The lowest BCUT2D eigenvalue weighted by atomic mass is 9.86. The number of amides is 1. The summed E-state index contributed by atoms with van der Waals surface area (Å²) >= 11 is 0. The largest absolute Gasteiger partial charge is 0.337 e. The van der Waals surface area contributed by atoms with Crippen molar-refractivity contribution < 1.29 is 4.79 Å². The van der Waals surface area contributed by atoms with Crippen LogP contribution in [0.25, 0.3) is 0 Å². The van der Waals surface area contributed by atoms with Crippen molar-refractivity contribution in [3.63, 3.8) is 0 Å². The normalized spacial score (nSPS) is 16.3. The van der Waals surface area contributed by atoms with Crippen LogP contribution in [-0.4, -0.2) is 41.9 Å². The molecule has 0 spiro atoms. The molecule has 26 heavy (non-hydrogen) atoms. The fourth-order valence-electron chi connectivity index (χ4n) is 3.47. The van der Waals surface area contributed by atoms with Gasteiger partial charge in [0.2, 0.25) is 0 Å². The number of carbonyl (C=O) groups is 1. The quantitative estimate of drug-likeness (QED) is 0.822. The van der Waals surface area contributed by atoms with E-state index >= 15 is 0 Å². The van der Waals surface area contributed by atoms with Crippen molar-refractivity contribution in [3.8, 4) is 0 Å². The van der Waals surface area contributed by atoms with Crippen molar-refractivity contribution in [2.45, 2.75) is 39.2 Å². The van der Waals surface area contributed by atoms with Crippen LogP contribution >= 0.6 is 0 Å². The molecule has 138 valence electrons. The zero-order chi connectivity index (χ0) is 18.6. The van der Waals surface area contributed by atoms with E-state index < -0.39 is 0 Å². The van der Waals surface area contributed by atoms with Crippen LogP contribution in [0.1, 0.15) is 48.7 Å². The van der Waals surface area contributed by atoms with Crippen LogP contribution in [0, 0.1) is 0 Å². The minimum atomic E-state index is 0.113. The summed E-state index contributed by atoms with van der Waals surface area (Å²) in [5.41, 5.74) is 3.51. The molecule has 0 aliphatic carbocycles. The molecule has 0 aromatic heterocycles. The van der Waals surface area contributed by atoms with E-state index in [4.69, 9.17) is 0 Å². The highest BCUT2D eigenvalue weighted by atomic mass is 16.2. The molecule has 0 bridgehead atoms. The van der Waals surface area contributed by atoms with Crippen LogP contribution < -0.4 is 0 Å². The van der Waals surface area contributed by atoms with Gasteiger partial charge in [0, 0.05) is 38.3 Å². The van der Waals surface area contributed by atoms with Crippen molar-refractivity contribution in [1.29, 1.82) is 0 Å². The molecule has 1 heterocycles. The summed E-state index contributed by atoms with van der Waals surface area (Å²) in [6.45, 7) is 11.2. The molecular formula is C23H30N2O. The molecule has 1 aliphatic rings. The van der Waals surface area contributed by atoms with Gasteiger partial charge in [-0.25, -0.2) is 0 Å². The zero-order valence-corrected chi connectivity index (χ0v) is 16.2. The maximum absolute atomic E-state index is 12.9. The van der Waals surface area contributed by atoms with Crippen LogP contribution in [0.3, 0.4) is 0 Å². The minimum Gasteiger partial charge on any atom is -0.337 e. The fourth-order valence-corrected chi connectivity index (χ4v) is 3.47. The van der Waals surface area contributed by atoms with Gasteiger partial charge in [-0.3, -0.25) is 9.69 Å². The van der Waals surface area contributed by atoms with Crippen molar-refractivity contribution in [2.75, 3.05) is 26.2 Å². The second-order valence-corrected chi connectivity index (χ2v) is 8.23. The summed E-state index contributed by atoms with van der Waals surface area (Å²) in [6.07, 6.45) is 1.03. The van der Waals surface area contributed by atoms with Gasteiger partial charge < -0.3 is 4.90 Å². The molecule has 0 radical (unpaired) electrons. The van der Waals surface area contributed by atoms with Gasteiger partial charge in [0.15, 0.2) is 0 Å². The highest BCUT2D eigenvalue weighted by molar-refractivity contribution is 5.94. The maximum Gasteiger partial charge on any atom is 0.253 e. The molecule has 3 rings (SSSR count). The van der Waals surface area contributed by atoms with Gasteiger partial charge in [-0.1, -0.05) is 63.2 Å². The van der Waals surface area contributed by atoms with Crippen LogP contribution in [0.5, 0.6) is 0 Å². The van der Waals surface area contributed by atoms with Gasteiger partial charge in [0.25, 0.3) is 5.91 Å². The van der Waals surface area contributed by atoms with Crippen molar-refractivity contribution >= 4 is 5.91 Å². The smallest absolute Gasteiger partial charge is 0.253 e. The Kier molecular flexibility index (Phi) is 5.77. The first-order chi connectivity index (χ1) is 12.4. The molecule has 2 aromatic rings. The standard InChI is InChI=1S/C23H30N2O/c1-23(2,3)21-12-10-20(11-13-21)22(26)25-15-7-14-24(16-17-25)18-19-8-5-4-6-9-19/h4-6,8-13H,7,14-18H2,1-3H3. The van der Waals surface area contributed by atoms with Crippen molar-refractivity contribution in [1.82, 2.24) is 9.80 Å². The summed E-state index contributed by atoms with van der Waals surface area (Å²) in [5, 5.41) is 0. The average Bonchev–Trinajstić information content (AvgIpc) is 2.87. The Morgan fingerprint density at radius 1 is 0.885 bits per heavy atom. The number of benzene rings is 2.